The van der Waals surface area contributed by atoms with Crippen LogP contribution in [0.4, 0.5) is 18.0 Å². The molecule has 6 aromatic carbocycles. The molecule has 9 rings (SSSR count). The molecule has 3 heterocycles. The van der Waals surface area contributed by atoms with Crippen molar-refractivity contribution in [2.45, 2.75) is 63.0 Å². The van der Waals surface area contributed by atoms with Gasteiger partial charge in [0.15, 0.2) is 53.0 Å². The fraction of sp³-hybridized carbons (Fsp3) is 0.297. The number of amides is 1. The van der Waals surface area contributed by atoms with Gasteiger partial charge in [-0.3, -0.25) is 0 Å². The molecule has 1 amide bonds. The third-order valence-corrected chi connectivity index (χ3v) is 13.3. The lowest BCUT2D eigenvalue weighted by Gasteiger charge is -2.37. The number of benzene rings is 6. The van der Waals surface area contributed by atoms with Crippen molar-refractivity contribution in [3.05, 3.63) is 219 Å². The molecule has 0 bridgehead atoms. The third kappa shape index (κ3) is 25.1. The van der Waals surface area contributed by atoms with Crippen LogP contribution in [0.25, 0.3) is 0 Å². The lowest BCUT2D eigenvalue weighted by Crippen LogP contribution is -2.90. The third-order valence-electron chi connectivity index (χ3n) is 12.4. The summed E-state index contributed by atoms with van der Waals surface area (Å²) in [5.41, 5.74) is 2.12. The number of hydrogen-bond acceptors (Lipinski definition) is 13. The van der Waals surface area contributed by atoms with Crippen LogP contribution in [-0.4, -0.2) is 138 Å². The highest BCUT2D eigenvalue weighted by atomic mass is 35.5. The Balaban J connectivity index is 0.000000218. The predicted octanol–water partition coefficient (Wildman–Crippen LogP) is 10.8. The summed E-state index contributed by atoms with van der Waals surface area (Å²) < 4.78 is 83.6. The Bertz CT molecular complexity index is 3090. The molecule has 0 unspecified atom stereocenters. The summed E-state index contributed by atoms with van der Waals surface area (Å²) in [7, 11) is 0. The summed E-state index contributed by atoms with van der Waals surface area (Å²) in [6.45, 7) is 10.9. The zero-order valence-electron chi connectivity index (χ0n) is 48.5. The highest BCUT2D eigenvalue weighted by Crippen LogP contribution is 2.35. The molecule has 0 spiro atoms. The molecule has 3 fully saturated rings. The van der Waals surface area contributed by atoms with Crippen molar-refractivity contribution in [2.75, 3.05) is 59.1 Å². The van der Waals surface area contributed by atoms with Crippen LogP contribution in [0.1, 0.15) is 55.8 Å². The lowest BCUT2D eigenvalue weighted by atomic mass is 10.0. The van der Waals surface area contributed by atoms with E-state index in [1.54, 1.807) is 35.2 Å². The van der Waals surface area contributed by atoms with Crippen LogP contribution in [-0.2, 0) is 38.1 Å². The smallest absolute Gasteiger partial charge is 0.410 e. The number of rotatable bonds is 16. The van der Waals surface area contributed by atoms with Crippen molar-refractivity contribution in [1.29, 1.82) is 0 Å². The lowest BCUT2D eigenvalue weighted by molar-refractivity contribution is -0.678. The standard InChI is InChI=1S/C22H25ClFNO4.2C17H17ClFNO2.2C4H4O4/c1-22(2,3)29-21(26)25-12-13-27-18(14-25)20(15-8-5-4-6-9-15)28-17-11-7-10-16(23)19(17)24;2*18-13-7-4-8-14(16(13)19)22-17(12-5-2-1-3-6-12)15-11-20-9-10-21-15;2*5-3(6)1-2-4(7)8/h4-11,18,20H,12-14H2,1-3H3;2*1-8,15,17,20H,9-11H2;2*1-2H,(H,5,6)(H,7,8)/p+1/b;;;2*2-1+/t18-,20-;2*15-,17-;;/m000../s1. The number of morpholine rings is 3. The van der Waals surface area contributed by atoms with Gasteiger partial charge >= 0.3 is 30.0 Å². The second kappa shape index (κ2) is 37.0. The summed E-state index contributed by atoms with van der Waals surface area (Å²) in [4.78, 5) is 52.3. The monoisotopic (exact) mass is 1300 g/mol. The number of carboxylic acids is 4. The van der Waals surface area contributed by atoms with Crippen molar-refractivity contribution in [3.8, 4) is 17.2 Å². The Morgan fingerprint density at radius 1 is 0.539 bits per heavy atom. The SMILES string of the molecule is CC(C)(C)OC(=O)N1CCO[C@H]([C@@H](Oc2cccc(Cl)c2F)c2ccccc2)C1.Fc1c(Cl)cccc1O[C@@H](c1ccccc1)[C@@H]1CNCCO1.Fc1c(Cl)cccc1O[C@@H](c1ccccc1)[C@@H]1C[NH2+]CCO1.O=C(O)/C=C/C(=O)O.O=C(O)/C=C/C(=O)O. The minimum absolute atomic E-state index is 0.0192. The maximum Gasteiger partial charge on any atom is 0.410 e. The number of hydrogen-bond donors (Lipinski definition) is 6. The Labute approximate surface area is 527 Å². The molecule has 19 nitrogen and oxygen atoms in total. The highest BCUT2D eigenvalue weighted by Gasteiger charge is 2.36. The molecule has 3 saturated heterocycles. The van der Waals surface area contributed by atoms with Gasteiger partial charge in [-0.05, 0) is 73.9 Å². The Hall–Kier alpha value is -8.19. The van der Waals surface area contributed by atoms with Gasteiger partial charge in [0, 0.05) is 43.9 Å². The van der Waals surface area contributed by atoms with Gasteiger partial charge in [-0.15, -0.1) is 0 Å². The molecule has 0 aromatic heterocycles. The largest absolute Gasteiger partial charge is 0.480 e. The predicted molar refractivity (Wildman–Crippen MR) is 324 cm³/mol. The van der Waals surface area contributed by atoms with Crippen LogP contribution in [0.5, 0.6) is 17.2 Å². The molecule has 6 atom stereocenters. The van der Waals surface area contributed by atoms with Crippen molar-refractivity contribution in [2.24, 2.45) is 0 Å². The molecular weight excluding hydrogens is 1230 g/mol. The summed E-state index contributed by atoms with van der Waals surface area (Å²) in [5.74, 6) is -6.43. The van der Waals surface area contributed by atoms with Crippen molar-refractivity contribution in [1.82, 2.24) is 10.2 Å². The van der Waals surface area contributed by atoms with E-state index in [-0.39, 0.29) is 57.2 Å². The number of carboxylic acid groups (broad SMARTS) is 4. The normalized spacial score (nSPS) is 17.4. The van der Waals surface area contributed by atoms with Gasteiger partial charge in [0.1, 0.15) is 30.5 Å². The van der Waals surface area contributed by atoms with E-state index in [0.29, 0.717) is 57.2 Å². The average molecular weight is 1300 g/mol. The first-order valence-electron chi connectivity index (χ1n) is 27.6. The van der Waals surface area contributed by atoms with Crippen molar-refractivity contribution in [3.63, 3.8) is 0 Å². The number of nitrogens with two attached hydrogens (primary N) is 1. The summed E-state index contributed by atoms with van der Waals surface area (Å²) in [6.07, 6.45) is -0.398. The van der Waals surface area contributed by atoms with E-state index in [0.717, 1.165) is 36.3 Å². The average Bonchev–Trinajstić information content (AvgIpc) is 1.33. The van der Waals surface area contributed by atoms with Gasteiger partial charge in [-0.25, -0.2) is 37.1 Å². The first-order chi connectivity index (χ1) is 42.5. The van der Waals surface area contributed by atoms with Crippen LogP contribution < -0.4 is 24.8 Å². The number of carbonyl (C=O) groups is 5. The van der Waals surface area contributed by atoms with Crippen molar-refractivity contribution >= 4 is 64.8 Å². The van der Waals surface area contributed by atoms with Crippen molar-refractivity contribution < 1.29 is 96.0 Å². The summed E-state index contributed by atoms with van der Waals surface area (Å²) in [6, 6.07) is 42.9. The van der Waals surface area contributed by atoms with E-state index in [2.05, 4.69) is 10.6 Å². The molecule has 0 aliphatic carbocycles. The van der Waals surface area contributed by atoms with E-state index in [1.165, 1.54) is 24.3 Å². The van der Waals surface area contributed by atoms with E-state index in [4.69, 9.17) is 88.4 Å². The second-order valence-electron chi connectivity index (χ2n) is 20.2. The van der Waals surface area contributed by atoms with Crippen LogP contribution in [0.15, 0.2) is 170 Å². The van der Waals surface area contributed by atoms with Gasteiger partial charge in [0.2, 0.25) is 0 Å². The minimum atomic E-state index is -1.26. The van der Waals surface area contributed by atoms with Crippen LogP contribution >= 0.6 is 34.8 Å². The number of nitrogens with zero attached hydrogens (tertiary/aromatic N) is 1. The second-order valence-corrected chi connectivity index (χ2v) is 21.4. The quantitative estimate of drug-likeness (QED) is 0.0492. The Morgan fingerprint density at radius 2 is 0.910 bits per heavy atom. The first kappa shape index (κ1) is 71.6. The number of ether oxygens (including phenoxy) is 7. The maximum absolute atomic E-state index is 14.5. The topological polar surface area (TPSA) is 263 Å². The molecule has 25 heteroatoms. The number of aliphatic carboxylic acids is 4. The molecule has 0 radical (unpaired) electrons. The van der Waals surface area contributed by atoms with Crippen LogP contribution in [0.3, 0.4) is 0 Å². The molecule has 3 aliphatic rings. The Morgan fingerprint density at radius 3 is 1.26 bits per heavy atom. The minimum Gasteiger partial charge on any atom is -0.480 e. The van der Waals surface area contributed by atoms with Gasteiger partial charge in [0.05, 0.1) is 48.0 Å². The fourth-order valence-corrected chi connectivity index (χ4v) is 8.92. The van der Waals surface area contributed by atoms with Crippen LogP contribution in [0.2, 0.25) is 15.1 Å². The zero-order chi connectivity index (χ0) is 64.9. The molecule has 0 saturated carbocycles. The molecule has 6 aromatic rings. The number of carbonyl (C=O) groups excluding carboxylic acids is 1. The molecule has 3 aliphatic heterocycles. The van der Waals surface area contributed by atoms with E-state index >= 15 is 0 Å². The maximum atomic E-state index is 14.5. The number of nitrogens with one attached hydrogen (secondary N) is 1. The first-order valence-corrected chi connectivity index (χ1v) is 28.7. The zero-order valence-corrected chi connectivity index (χ0v) is 50.7. The molecular formula is C64H68Cl3F3N3O16+. The molecule has 89 heavy (non-hydrogen) atoms. The highest BCUT2D eigenvalue weighted by molar-refractivity contribution is 6.31. The van der Waals surface area contributed by atoms with Gasteiger partial charge in [-0.2, -0.15) is 0 Å². The van der Waals surface area contributed by atoms with Gasteiger partial charge < -0.3 is 69.1 Å². The Kier molecular flexibility index (Phi) is 29.7. The number of quaternary nitrogens is 1. The van der Waals surface area contributed by atoms with Crippen LogP contribution in [0, 0.1) is 17.5 Å². The van der Waals surface area contributed by atoms with E-state index in [1.807, 2.05) is 112 Å². The van der Waals surface area contributed by atoms with E-state index in [9.17, 15) is 37.1 Å². The fourth-order valence-electron chi connectivity index (χ4n) is 8.42. The summed E-state index contributed by atoms with van der Waals surface area (Å²) in [5, 5.41) is 36.8. The molecule has 7 N–H and O–H groups in total. The summed E-state index contributed by atoms with van der Waals surface area (Å²) >= 11 is 17.6. The van der Waals surface area contributed by atoms with Gasteiger partial charge in [0.25, 0.3) is 0 Å². The van der Waals surface area contributed by atoms with Gasteiger partial charge in [-0.1, -0.05) is 144 Å². The van der Waals surface area contributed by atoms with E-state index < -0.39 is 71.3 Å². The number of halogens is 6. The molecule has 476 valence electrons.